The highest BCUT2D eigenvalue weighted by atomic mass is 16.3. The Morgan fingerprint density at radius 3 is 1.96 bits per heavy atom. The van der Waals surface area contributed by atoms with Crippen molar-refractivity contribution in [3.05, 3.63) is 22.8 Å². The Morgan fingerprint density at radius 2 is 1.37 bits per heavy atom. The van der Waals surface area contributed by atoms with E-state index in [1.165, 1.54) is 38.5 Å². The average Bonchev–Trinajstić information content (AvgIpc) is 2.66. The molecule has 0 atom stereocenters. The van der Waals surface area contributed by atoms with Gasteiger partial charge in [0.1, 0.15) is 5.78 Å². The number of benzene rings is 1. The first-order chi connectivity index (χ1) is 13.0. The third-order valence-electron chi connectivity index (χ3n) is 5.41. The first kappa shape index (κ1) is 23.5. The van der Waals surface area contributed by atoms with E-state index >= 15 is 0 Å². The van der Waals surface area contributed by atoms with E-state index in [2.05, 4.69) is 13.8 Å². The molecule has 1 rings (SSSR count). The van der Waals surface area contributed by atoms with E-state index in [4.69, 9.17) is 0 Å². The molecule has 0 saturated heterocycles. The van der Waals surface area contributed by atoms with Crippen LogP contribution in [0.1, 0.15) is 108 Å². The molecule has 0 unspecified atom stereocenters. The van der Waals surface area contributed by atoms with Gasteiger partial charge in [0.05, 0.1) is 0 Å². The minimum Gasteiger partial charge on any atom is -0.504 e. The van der Waals surface area contributed by atoms with Crippen molar-refractivity contribution in [2.45, 2.75) is 111 Å². The summed E-state index contributed by atoms with van der Waals surface area (Å²) in [6.07, 6.45) is 14.1. The maximum absolute atomic E-state index is 12.5. The maximum Gasteiger partial charge on any atom is 0.161 e. The lowest BCUT2D eigenvalue weighted by molar-refractivity contribution is -0.118. The molecule has 0 spiro atoms. The second kappa shape index (κ2) is 13.6. The third-order valence-corrected chi connectivity index (χ3v) is 5.41. The number of phenolic OH excluding ortho intramolecular Hbond substituents is 2. The molecule has 1 aromatic carbocycles. The van der Waals surface area contributed by atoms with Crippen LogP contribution in [0.15, 0.2) is 6.07 Å². The van der Waals surface area contributed by atoms with Gasteiger partial charge in [-0.15, -0.1) is 0 Å². The summed E-state index contributed by atoms with van der Waals surface area (Å²) < 4.78 is 0. The molecule has 0 saturated carbocycles. The number of unbranched alkanes of at least 4 members (excludes halogenated alkanes) is 8. The van der Waals surface area contributed by atoms with E-state index in [0.717, 1.165) is 42.4 Å². The van der Waals surface area contributed by atoms with Gasteiger partial charge >= 0.3 is 0 Å². The molecule has 27 heavy (non-hydrogen) atoms. The number of ketones is 1. The van der Waals surface area contributed by atoms with E-state index in [-0.39, 0.29) is 17.3 Å². The van der Waals surface area contributed by atoms with Gasteiger partial charge in [0.25, 0.3) is 0 Å². The molecule has 0 aliphatic heterocycles. The van der Waals surface area contributed by atoms with Crippen molar-refractivity contribution < 1.29 is 15.0 Å². The summed E-state index contributed by atoms with van der Waals surface area (Å²) in [6.45, 7) is 6.29. The highest BCUT2D eigenvalue weighted by molar-refractivity contribution is 5.81. The molecule has 0 aromatic heterocycles. The van der Waals surface area contributed by atoms with E-state index < -0.39 is 0 Å². The number of carbonyl (C=O) groups is 1. The zero-order valence-electron chi connectivity index (χ0n) is 17.8. The minimum atomic E-state index is -0.0160. The zero-order valence-corrected chi connectivity index (χ0v) is 17.8. The van der Waals surface area contributed by atoms with Crippen LogP contribution in [0.25, 0.3) is 0 Å². The number of carbonyl (C=O) groups excluding carboxylic acids is 1. The Bertz CT molecular complexity index is 563. The van der Waals surface area contributed by atoms with Gasteiger partial charge < -0.3 is 10.2 Å². The quantitative estimate of drug-likeness (QED) is 0.266. The molecule has 0 amide bonds. The fourth-order valence-corrected chi connectivity index (χ4v) is 3.63. The number of phenols is 2. The normalized spacial score (nSPS) is 11.1. The lowest BCUT2D eigenvalue weighted by atomic mass is 9.92. The van der Waals surface area contributed by atoms with E-state index in [1.54, 1.807) is 0 Å². The smallest absolute Gasteiger partial charge is 0.161 e. The molecular formula is C24H40O3. The van der Waals surface area contributed by atoms with Crippen molar-refractivity contribution in [2.24, 2.45) is 0 Å². The molecule has 0 heterocycles. The summed E-state index contributed by atoms with van der Waals surface area (Å²) >= 11 is 0. The van der Waals surface area contributed by atoms with Gasteiger partial charge in [-0.05, 0) is 36.8 Å². The van der Waals surface area contributed by atoms with E-state index in [0.29, 0.717) is 25.7 Å². The Balaban J connectivity index is 2.55. The third kappa shape index (κ3) is 8.36. The summed E-state index contributed by atoms with van der Waals surface area (Å²) in [6, 6.07) is 1.92. The first-order valence-corrected chi connectivity index (χ1v) is 11.1. The predicted octanol–water partition coefficient (Wildman–Crippen LogP) is 6.65. The van der Waals surface area contributed by atoms with Gasteiger partial charge in [0, 0.05) is 18.4 Å². The molecule has 154 valence electrons. The Hall–Kier alpha value is -1.51. The molecule has 0 aliphatic carbocycles. The fraction of sp³-hybridized carbons (Fsp3) is 0.708. The molecule has 3 nitrogen and oxygen atoms in total. The highest BCUT2D eigenvalue weighted by Crippen LogP contribution is 2.37. The first-order valence-electron chi connectivity index (χ1n) is 11.1. The number of hydrogen-bond acceptors (Lipinski definition) is 3. The Kier molecular flexibility index (Phi) is 11.9. The molecule has 1 aromatic rings. The number of aryl methyl sites for hydroxylation is 1. The second-order valence-electron chi connectivity index (χ2n) is 7.77. The topological polar surface area (TPSA) is 57.5 Å². The maximum atomic E-state index is 12.5. The van der Waals surface area contributed by atoms with Crippen LogP contribution in [0, 0.1) is 0 Å². The van der Waals surface area contributed by atoms with Crippen LogP contribution >= 0.6 is 0 Å². The van der Waals surface area contributed by atoms with Crippen LogP contribution in [0.2, 0.25) is 0 Å². The molecule has 0 fully saturated rings. The number of rotatable bonds is 15. The van der Waals surface area contributed by atoms with Gasteiger partial charge in [-0.1, -0.05) is 78.2 Å². The average molecular weight is 377 g/mol. The summed E-state index contributed by atoms with van der Waals surface area (Å²) in [5.74, 6) is 0.214. The van der Waals surface area contributed by atoms with Gasteiger partial charge in [0.15, 0.2) is 11.5 Å². The van der Waals surface area contributed by atoms with E-state index in [1.807, 2.05) is 13.0 Å². The van der Waals surface area contributed by atoms with Crippen LogP contribution in [-0.2, 0) is 24.1 Å². The van der Waals surface area contributed by atoms with Crippen molar-refractivity contribution in [1.29, 1.82) is 0 Å². The van der Waals surface area contributed by atoms with Crippen molar-refractivity contribution in [2.75, 3.05) is 0 Å². The van der Waals surface area contributed by atoms with Crippen molar-refractivity contribution in [3.8, 4) is 11.5 Å². The Labute approximate surface area is 166 Å². The SMILES string of the molecule is CCCCCCCCCCC(=O)Cc1cc(CC)c(O)c(O)c1CCCC. The highest BCUT2D eigenvalue weighted by Gasteiger charge is 2.17. The standard InChI is InChI=1S/C24H40O3/c1-4-7-9-10-11-12-13-14-15-21(25)18-20-17-19(6-3)23(26)24(27)22(20)16-8-5-2/h17,26-27H,4-16,18H2,1-3H3. The predicted molar refractivity (Wildman–Crippen MR) is 114 cm³/mol. The van der Waals surface area contributed by atoms with Gasteiger partial charge in [-0.25, -0.2) is 0 Å². The molecule has 0 bridgehead atoms. The summed E-state index contributed by atoms with van der Waals surface area (Å²) in [4.78, 5) is 12.5. The minimum absolute atomic E-state index is 0.0112. The lowest BCUT2D eigenvalue weighted by Crippen LogP contribution is -2.07. The summed E-state index contributed by atoms with van der Waals surface area (Å²) in [7, 11) is 0. The monoisotopic (exact) mass is 376 g/mol. The van der Waals surface area contributed by atoms with Crippen LogP contribution in [0.3, 0.4) is 0 Å². The van der Waals surface area contributed by atoms with E-state index in [9.17, 15) is 15.0 Å². The molecule has 0 radical (unpaired) electrons. The van der Waals surface area contributed by atoms with Crippen molar-refractivity contribution >= 4 is 5.78 Å². The van der Waals surface area contributed by atoms with Gasteiger partial charge in [-0.2, -0.15) is 0 Å². The number of hydrogen-bond donors (Lipinski definition) is 2. The van der Waals surface area contributed by atoms with Gasteiger partial charge in [-0.3, -0.25) is 4.79 Å². The Morgan fingerprint density at radius 1 is 0.778 bits per heavy atom. The van der Waals surface area contributed by atoms with Crippen LogP contribution in [0.5, 0.6) is 11.5 Å². The molecule has 0 aliphatic rings. The second-order valence-corrected chi connectivity index (χ2v) is 7.77. The van der Waals surface area contributed by atoms with Crippen molar-refractivity contribution in [3.63, 3.8) is 0 Å². The number of Topliss-reactive ketones (excluding diaryl/α,β-unsaturated/α-hetero) is 1. The molecule has 3 heteroatoms. The zero-order chi connectivity index (χ0) is 20.1. The largest absolute Gasteiger partial charge is 0.504 e. The molecule has 2 N–H and O–H groups in total. The summed E-state index contributed by atoms with van der Waals surface area (Å²) in [5, 5.41) is 20.6. The number of aromatic hydroxyl groups is 2. The van der Waals surface area contributed by atoms with Crippen LogP contribution in [0.4, 0.5) is 0 Å². The molecular weight excluding hydrogens is 336 g/mol. The lowest BCUT2D eigenvalue weighted by Gasteiger charge is -2.15. The summed E-state index contributed by atoms with van der Waals surface area (Å²) in [5.41, 5.74) is 2.39. The van der Waals surface area contributed by atoms with Crippen molar-refractivity contribution in [1.82, 2.24) is 0 Å². The van der Waals surface area contributed by atoms with Crippen LogP contribution < -0.4 is 0 Å². The van der Waals surface area contributed by atoms with Gasteiger partial charge in [0.2, 0.25) is 0 Å². The van der Waals surface area contributed by atoms with Crippen LogP contribution in [-0.4, -0.2) is 16.0 Å². The fourth-order valence-electron chi connectivity index (χ4n) is 3.63.